The molecule has 160 valence electrons. The number of benzene rings is 2. The van der Waals surface area contributed by atoms with E-state index in [1.807, 2.05) is 12.1 Å². The molecular formula is C26H29N3O2. The molecule has 0 spiro atoms. The normalized spacial score (nSPS) is 18.6. The molecule has 0 radical (unpaired) electrons. The zero-order valence-corrected chi connectivity index (χ0v) is 18.2. The molecule has 1 aliphatic heterocycles. The van der Waals surface area contributed by atoms with E-state index in [9.17, 15) is 4.79 Å². The highest BCUT2D eigenvalue weighted by Gasteiger charge is 2.45. The van der Waals surface area contributed by atoms with Gasteiger partial charge in [0.15, 0.2) is 0 Å². The van der Waals surface area contributed by atoms with Crippen LogP contribution in [0.3, 0.4) is 0 Å². The summed E-state index contributed by atoms with van der Waals surface area (Å²) in [5.41, 5.74) is 5.82. The van der Waals surface area contributed by atoms with Gasteiger partial charge >= 0.3 is 0 Å². The lowest BCUT2D eigenvalue weighted by Gasteiger charge is -2.32. The molecule has 2 heterocycles. The molecule has 2 aromatic carbocycles. The Morgan fingerprint density at radius 1 is 1.13 bits per heavy atom. The van der Waals surface area contributed by atoms with Crippen molar-refractivity contribution < 1.29 is 9.53 Å². The van der Waals surface area contributed by atoms with Crippen molar-refractivity contribution in [1.29, 1.82) is 0 Å². The van der Waals surface area contributed by atoms with Crippen LogP contribution in [0.5, 0.6) is 5.75 Å². The van der Waals surface area contributed by atoms with Gasteiger partial charge in [-0.05, 0) is 43.9 Å². The summed E-state index contributed by atoms with van der Waals surface area (Å²) < 4.78 is 5.91. The van der Waals surface area contributed by atoms with Gasteiger partial charge in [0.25, 0.3) is 5.91 Å². The van der Waals surface area contributed by atoms with Crippen molar-refractivity contribution in [1.82, 2.24) is 15.1 Å². The molecule has 5 rings (SSSR count). The van der Waals surface area contributed by atoms with Crippen LogP contribution in [0.25, 0.3) is 11.3 Å². The summed E-state index contributed by atoms with van der Waals surface area (Å²) in [5, 5.41) is 7.67. The molecule has 2 aliphatic rings. The quantitative estimate of drug-likeness (QED) is 0.565. The van der Waals surface area contributed by atoms with Crippen molar-refractivity contribution in [2.24, 2.45) is 0 Å². The average Bonchev–Trinajstić information content (AvgIpc) is 3.51. The van der Waals surface area contributed by atoms with Crippen LogP contribution in [0.1, 0.15) is 72.2 Å². The smallest absolute Gasteiger partial charge is 0.273 e. The number of carbonyl (C=O) groups is 1. The number of aromatic nitrogens is 2. The molecular weight excluding hydrogens is 386 g/mol. The SMILES string of the molecule is CCCOc1cccc(C2c3c(-c4ccc(C)cc4)n[nH]c3C(=O)N2C2CCCC2)c1. The Morgan fingerprint density at radius 3 is 2.65 bits per heavy atom. The van der Waals surface area contributed by atoms with E-state index in [2.05, 4.69) is 65.3 Å². The number of ether oxygens (including phenoxy) is 1. The predicted octanol–water partition coefficient (Wildman–Crippen LogP) is 5.66. The number of nitrogens with one attached hydrogen (secondary N) is 1. The number of hydrogen-bond donors (Lipinski definition) is 1. The van der Waals surface area contributed by atoms with Crippen molar-refractivity contribution in [3.05, 3.63) is 70.9 Å². The molecule has 1 fully saturated rings. The largest absolute Gasteiger partial charge is 0.494 e. The maximum absolute atomic E-state index is 13.5. The summed E-state index contributed by atoms with van der Waals surface area (Å²) in [6.07, 6.45) is 5.44. The van der Waals surface area contributed by atoms with Crippen molar-refractivity contribution in [3.63, 3.8) is 0 Å². The first-order valence-electron chi connectivity index (χ1n) is 11.4. The molecule has 1 atom stereocenters. The van der Waals surface area contributed by atoms with Gasteiger partial charge in [-0.2, -0.15) is 5.10 Å². The summed E-state index contributed by atoms with van der Waals surface area (Å²) in [4.78, 5) is 15.7. The number of nitrogens with zero attached hydrogens (tertiary/aromatic N) is 2. The number of carbonyl (C=O) groups excluding carboxylic acids is 1. The molecule has 1 unspecified atom stereocenters. The van der Waals surface area contributed by atoms with Crippen molar-refractivity contribution in [2.45, 2.75) is 58.0 Å². The fraction of sp³-hybridized carbons (Fsp3) is 0.385. The van der Waals surface area contributed by atoms with Crippen LogP contribution in [0.2, 0.25) is 0 Å². The average molecular weight is 416 g/mol. The van der Waals surface area contributed by atoms with Gasteiger partial charge in [0, 0.05) is 17.2 Å². The second-order valence-corrected chi connectivity index (χ2v) is 8.70. The summed E-state index contributed by atoms with van der Waals surface area (Å²) in [6, 6.07) is 16.7. The Hall–Kier alpha value is -3.08. The summed E-state index contributed by atoms with van der Waals surface area (Å²) >= 11 is 0. The van der Waals surface area contributed by atoms with Gasteiger partial charge in [0.2, 0.25) is 0 Å². The molecule has 3 aromatic rings. The molecule has 31 heavy (non-hydrogen) atoms. The van der Waals surface area contributed by atoms with E-state index in [1.54, 1.807) is 0 Å². The minimum Gasteiger partial charge on any atom is -0.494 e. The first-order valence-corrected chi connectivity index (χ1v) is 11.4. The van der Waals surface area contributed by atoms with Crippen LogP contribution in [0, 0.1) is 6.92 Å². The number of aromatic amines is 1. The third-order valence-electron chi connectivity index (χ3n) is 6.49. The van der Waals surface area contributed by atoms with Crippen LogP contribution >= 0.6 is 0 Å². The topological polar surface area (TPSA) is 58.2 Å². The summed E-state index contributed by atoms with van der Waals surface area (Å²) in [6.45, 7) is 4.87. The number of H-pyrrole nitrogens is 1. The lowest BCUT2D eigenvalue weighted by atomic mass is 9.95. The molecule has 0 bridgehead atoms. The Bertz CT molecular complexity index is 1080. The lowest BCUT2D eigenvalue weighted by molar-refractivity contribution is 0.0660. The first kappa shape index (κ1) is 19.9. The molecule has 1 aromatic heterocycles. The standard InChI is InChI=1S/C26H29N3O2/c1-3-15-31-21-10-6-7-19(16-21)25-22-23(18-13-11-17(2)12-14-18)27-28-24(22)26(30)29(25)20-8-4-5-9-20/h6-7,10-14,16,20,25H,3-5,8-9,15H2,1-2H3,(H,27,28). The van der Waals surface area contributed by atoms with Crippen LogP contribution in [-0.2, 0) is 0 Å². The Labute approximate surface area is 183 Å². The van der Waals surface area contributed by atoms with E-state index < -0.39 is 0 Å². The van der Waals surface area contributed by atoms with E-state index in [0.29, 0.717) is 12.3 Å². The van der Waals surface area contributed by atoms with E-state index in [0.717, 1.165) is 47.4 Å². The summed E-state index contributed by atoms with van der Waals surface area (Å²) in [5.74, 6) is 0.921. The minimum absolute atomic E-state index is 0.0673. The molecule has 5 nitrogen and oxygen atoms in total. The molecule has 1 N–H and O–H groups in total. The Kier molecular flexibility index (Phi) is 5.26. The van der Waals surface area contributed by atoms with Gasteiger partial charge < -0.3 is 9.64 Å². The highest BCUT2D eigenvalue weighted by molar-refractivity contribution is 6.00. The predicted molar refractivity (Wildman–Crippen MR) is 121 cm³/mol. The third kappa shape index (κ3) is 3.52. The minimum atomic E-state index is -0.147. The number of aryl methyl sites for hydroxylation is 1. The zero-order valence-electron chi connectivity index (χ0n) is 18.2. The monoisotopic (exact) mass is 415 g/mol. The third-order valence-corrected chi connectivity index (χ3v) is 6.49. The molecule has 0 saturated heterocycles. The second-order valence-electron chi connectivity index (χ2n) is 8.70. The van der Waals surface area contributed by atoms with E-state index in [1.165, 1.54) is 18.4 Å². The zero-order chi connectivity index (χ0) is 21.4. The fourth-order valence-electron chi connectivity index (χ4n) is 4.98. The number of fused-ring (bicyclic) bond motifs is 1. The number of rotatable bonds is 6. The molecule has 1 saturated carbocycles. The lowest BCUT2D eigenvalue weighted by Crippen LogP contribution is -2.37. The highest BCUT2D eigenvalue weighted by Crippen LogP contribution is 2.46. The first-order chi connectivity index (χ1) is 15.2. The molecule has 5 heteroatoms. The fourth-order valence-corrected chi connectivity index (χ4v) is 4.98. The maximum atomic E-state index is 13.5. The molecule has 1 aliphatic carbocycles. The van der Waals surface area contributed by atoms with E-state index in [4.69, 9.17) is 4.74 Å². The van der Waals surface area contributed by atoms with Crippen molar-refractivity contribution >= 4 is 5.91 Å². The van der Waals surface area contributed by atoms with Crippen LogP contribution in [-0.4, -0.2) is 33.7 Å². The Balaban J connectivity index is 1.63. The van der Waals surface area contributed by atoms with Crippen molar-refractivity contribution in [3.8, 4) is 17.0 Å². The number of hydrogen-bond acceptors (Lipinski definition) is 3. The van der Waals surface area contributed by atoms with Crippen LogP contribution in [0.4, 0.5) is 0 Å². The van der Waals surface area contributed by atoms with Crippen molar-refractivity contribution in [2.75, 3.05) is 6.61 Å². The second kappa shape index (κ2) is 8.22. The summed E-state index contributed by atoms with van der Waals surface area (Å²) in [7, 11) is 0. The van der Waals surface area contributed by atoms with Gasteiger partial charge in [-0.1, -0.05) is 61.7 Å². The van der Waals surface area contributed by atoms with Gasteiger partial charge in [-0.15, -0.1) is 0 Å². The number of amides is 1. The maximum Gasteiger partial charge on any atom is 0.273 e. The Morgan fingerprint density at radius 2 is 1.90 bits per heavy atom. The van der Waals surface area contributed by atoms with Gasteiger partial charge in [-0.3, -0.25) is 9.89 Å². The van der Waals surface area contributed by atoms with Gasteiger partial charge in [-0.25, -0.2) is 0 Å². The molecule has 1 amide bonds. The van der Waals surface area contributed by atoms with Crippen LogP contribution in [0.15, 0.2) is 48.5 Å². The highest BCUT2D eigenvalue weighted by atomic mass is 16.5. The van der Waals surface area contributed by atoms with E-state index >= 15 is 0 Å². The van der Waals surface area contributed by atoms with E-state index in [-0.39, 0.29) is 18.0 Å². The van der Waals surface area contributed by atoms with Gasteiger partial charge in [0.1, 0.15) is 11.4 Å². The van der Waals surface area contributed by atoms with Gasteiger partial charge in [0.05, 0.1) is 18.3 Å². The van der Waals surface area contributed by atoms with Crippen LogP contribution < -0.4 is 4.74 Å².